The number of aromatic nitrogens is 3. The van der Waals surface area contributed by atoms with Crippen LogP contribution in [0.3, 0.4) is 0 Å². The third-order valence-electron chi connectivity index (χ3n) is 3.74. The summed E-state index contributed by atoms with van der Waals surface area (Å²) in [6.07, 6.45) is 2.30. The topological polar surface area (TPSA) is 90.6 Å². The number of carbonyl (C=O) groups is 1. The van der Waals surface area contributed by atoms with Gasteiger partial charge >= 0.3 is 0 Å². The third kappa shape index (κ3) is 1.76. The van der Waals surface area contributed by atoms with Crippen molar-refractivity contribution in [3.63, 3.8) is 0 Å². The molecule has 1 aromatic carbocycles. The van der Waals surface area contributed by atoms with Gasteiger partial charge in [-0.15, -0.1) is 0 Å². The summed E-state index contributed by atoms with van der Waals surface area (Å²) in [7, 11) is 0. The molecular weight excluding hydrogens is 268 g/mol. The van der Waals surface area contributed by atoms with Crippen molar-refractivity contribution in [3.05, 3.63) is 52.1 Å². The minimum absolute atomic E-state index is 0.227. The highest BCUT2D eigenvalue weighted by Gasteiger charge is 2.23. The first-order valence-electron chi connectivity index (χ1n) is 6.72. The van der Waals surface area contributed by atoms with E-state index in [4.69, 9.17) is 0 Å². The second-order valence-corrected chi connectivity index (χ2v) is 5.00. The zero-order valence-corrected chi connectivity index (χ0v) is 11.1. The zero-order valence-electron chi connectivity index (χ0n) is 11.1. The summed E-state index contributed by atoms with van der Waals surface area (Å²) in [4.78, 5) is 34.3. The Hall–Kier alpha value is -2.89. The summed E-state index contributed by atoms with van der Waals surface area (Å²) in [5.74, 6) is 0.122. The molecule has 1 amide bonds. The molecule has 21 heavy (non-hydrogen) atoms. The summed E-state index contributed by atoms with van der Waals surface area (Å²) in [5.41, 5.74) is 2.18. The molecule has 2 aromatic heterocycles. The normalized spacial score (nSPS) is 14.0. The van der Waals surface area contributed by atoms with Crippen LogP contribution in [-0.2, 0) is 6.42 Å². The highest BCUT2D eigenvalue weighted by atomic mass is 16.2. The largest absolute Gasteiger partial charge is 0.360 e. The minimum Gasteiger partial charge on any atom is -0.360 e. The first kappa shape index (κ1) is 11.9. The van der Waals surface area contributed by atoms with Gasteiger partial charge in [0, 0.05) is 29.2 Å². The van der Waals surface area contributed by atoms with Crippen molar-refractivity contribution < 1.29 is 4.79 Å². The third-order valence-corrected chi connectivity index (χ3v) is 3.74. The van der Waals surface area contributed by atoms with Gasteiger partial charge in [-0.25, -0.2) is 4.98 Å². The fourth-order valence-electron chi connectivity index (χ4n) is 2.70. The van der Waals surface area contributed by atoms with Crippen molar-refractivity contribution >= 4 is 16.8 Å². The van der Waals surface area contributed by atoms with Gasteiger partial charge in [0.05, 0.1) is 5.56 Å². The Kier molecular flexibility index (Phi) is 2.44. The van der Waals surface area contributed by atoms with Crippen molar-refractivity contribution in [3.8, 4) is 11.4 Å². The number of rotatable bonds is 1. The molecule has 6 heteroatoms. The Morgan fingerprint density at radius 3 is 2.90 bits per heavy atom. The van der Waals surface area contributed by atoms with Crippen LogP contribution in [0.2, 0.25) is 0 Å². The van der Waals surface area contributed by atoms with Gasteiger partial charge in [0.15, 0.2) is 0 Å². The van der Waals surface area contributed by atoms with Crippen LogP contribution in [0.5, 0.6) is 0 Å². The molecule has 6 nitrogen and oxygen atoms in total. The number of fused-ring (bicyclic) bond motifs is 2. The number of carbonyl (C=O) groups excluding carboxylic acids is 1. The van der Waals surface area contributed by atoms with Gasteiger partial charge in [-0.05, 0) is 12.5 Å². The lowest BCUT2D eigenvalue weighted by atomic mass is 10.1. The maximum Gasteiger partial charge on any atom is 0.270 e. The summed E-state index contributed by atoms with van der Waals surface area (Å²) < 4.78 is 0. The van der Waals surface area contributed by atoms with Gasteiger partial charge in [-0.1, -0.05) is 18.2 Å². The van der Waals surface area contributed by atoms with Crippen molar-refractivity contribution in [1.29, 1.82) is 0 Å². The molecule has 3 heterocycles. The number of nitrogens with one attached hydrogen (secondary N) is 3. The lowest BCUT2D eigenvalue weighted by Crippen LogP contribution is -2.37. The molecule has 1 aliphatic heterocycles. The Bertz CT molecular complexity index is 923. The molecule has 0 aliphatic carbocycles. The monoisotopic (exact) mass is 280 g/mol. The van der Waals surface area contributed by atoms with Crippen LogP contribution in [0.25, 0.3) is 22.3 Å². The smallest absolute Gasteiger partial charge is 0.270 e. The van der Waals surface area contributed by atoms with Gasteiger partial charge < -0.3 is 15.3 Å². The van der Waals surface area contributed by atoms with Crippen molar-refractivity contribution in [2.24, 2.45) is 0 Å². The SMILES string of the molecule is O=C1NCCc2c1nc(-c1c[nH]c3ccccc13)[nH]c2=O. The molecule has 1 aliphatic rings. The molecule has 0 fully saturated rings. The summed E-state index contributed by atoms with van der Waals surface area (Å²) >= 11 is 0. The Balaban J connectivity index is 1.98. The van der Waals surface area contributed by atoms with Crippen LogP contribution in [0.1, 0.15) is 16.1 Å². The van der Waals surface area contributed by atoms with Gasteiger partial charge in [-0.3, -0.25) is 9.59 Å². The van der Waals surface area contributed by atoms with Crippen LogP contribution in [-0.4, -0.2) is 27.4 Å². The number of benzene rings is 1. The highest BCUT2D eigenvalue weighted by Crippen LogP contribution is 2.25. The molecule has 0 bridgehead atoms. The van der Waals surface area contributed by atoms with E-state index < -0.39 is 0 Å². The first-order valence-corrected chi connectivity index (χ1v) is 6.72. The maximum atomic E-state index is 12.2. The van der Waals surface area contributed by atoms with E-state index >= 15 is 0 Å². The number of hydrogen-bond donors (Lipinski definition) is 3. The van der Waals surface area contributed by atoms with Gasteiger partial charge in [-0.2, -0.15) is 0 Å². The van der Waals surface area contributed by atoms with Crippen LogP contribution in [0.4, 0.5) is 0 Å². The number of aromatic amines is 2. The maximum absolute atomic E-state index is 12.2. The molecule has 0 spiro atoms. The van der Waals surface area contributed by atoms with E-state index in [1.165, 1.54) is 0 Å². The van der Waals surface area contributed by atoms with Crippen LogP contribution in [0, 0.1) is 0 Å². The molecule has 3 N–H and O–H groups in total. The number of para-hydroxylation sites is 1. The van der Waals surface area contributed by atoms with Crippen LogP contribution >= 0.6 is 0 Å². The lowest BCUT2D eigenvalue weighted by Gasteiger charge is -2.15. The van der Waals surface area contributed by atoms with Crippen LogP contribution < -0.4 is 10.9 Å². The first-order chi connectivity index (χ1) is 10.2. The second kappa shape index (κ2) is 4.31. The Morgan fingerprint density at radius 2 is 2.00 bits per heavy atom. The Labute approximate surface area is 119 Å². The fraction of sp³-hybridized carbons (Fsp3) is 0.133. The minimum atomic E-state index is -0.288. The Morgan fingerprint density at radius 1 is 1.14 bits per heavy atom. The van der Waals surface area contributed by atoms with E-state index in [0.717, 1.165) is 16.5 Å². The van der Waals surface area contributed by atoms with Crippen molar-refractivity contribution in [2.45, 2.75) is 6.42 Å². The van der Waals surface area contributed by atoms with Crippen LogP contribution in [0.15, 0.2) is 35.3 Å². The molecule has 3 aromatic rings. The number of H-pyrrole nitrogens is 2. The summed E-state index contributed by atoms with van der Waals surface area (Å²) in [5, 5.41) is 3.67. The zero-order chi connectivity index (χ0) is 14.4. The lowest BCUT2D eigenvalue weighted by molar-refractivity contribution is 0.0940. The van der Waals surface area contributed by atoms with Gasteiger partial charge in [0.2, 0.25) is 0 Å². The summed E-state index contributed by atoms with van der Waals surface area (Å²) in [6.45, 7) is 0.475. The number of hydrogen-bond acceptors (Lipinski definition) is 3. The quantitative estimate of drug-likeness (QED) is 0.625. The molecule has 0 atom stereocenters. The predicted molar refractivity (Wildman–Crippen MR) is 78.2 cm³/mol. The molecule has 0 saturated heterocycles. The van der Waals surface area contributed by atoms with Gasteiger partial charge in [0.25, 0.3) is 11.5 Å². The van der Waals surface area contributed by atoms with Gasteiger partial charge in [0.1, 0.15) is 11.5 Å². The average molecular weight is 280 g/mol. The standard InChI is InChI=1S/C15H12N4O2/c20-14-9-5-6-16-15(21)12(9)18-13(19-14)10-7-17-11-4-2-1-3-8(10)11/h1-4,7,17H,5-6H2,(H,16,21)(H,18,19,20). The van der Waals surface area contributed by atoms with Crippen molar-refractivity contribution in [1.82, 2.24) is 20.3 Å². The van der Waals surface area contributed by atoms with E-state index in [0.29, 0.717) is 24.4 Å². The molecular formula is C15H12N4O2. The molecule has 4 rings (SSSR count). The van der Waals surface area contributed by atoms with E-state index in [1.807, 2.05) is 24.3 Å². The number of nitrogens with zero attached hydrogens (tertiary/aromatic N) is 1. The fourth-order valence-corrected chi connectivity index (χ4v) is 2.70. The molecule has 0 saturated carbocycles. The van der Waals surface area contributed by atoms with E-state index in [-0.39, 0.29) is 17.2 Å². The van der Waals surface area contributed by atoms with E-state index in [9.17, 15) is 9.59 Å². The average Bonchev–Trinajstić information content (AvgIpc) is 2.92. The van der Waals surface area contributed by atoms with E-state index in [2.05, 4.69) is 20.3 Å². The number of amides is 1. The molecule has 0 radical (unpaired) electrons. The predicted octanol–water partition coefficient (Wildman–Crippen LogP) is 1.20. The highest BCUT2D eigenvalue weighted by molar-refractivity contribution is 5.97. The molecule has 104 valence electrons. The summed E-state index contributed by atoms with van der Waals surface area (Å²) in [6, 6.07) is 7.74. The second-order valence-electron chi connectivity index (χ2n) is 5.00. The van der Waals surface area contributed by atoms with E-state index in [1.54, 1.807) is 6.20 Å². The molecule has 0 unspecified atom stereocenters. The van der Waals surface area contributed by atoms with Crippen molar-refractivity contribution in [2.75, 3.05) is 6.54 Å².